The van der Waals surface area contributed by atoms with Gasteiger partial charge in [-0.05, 0) is 44.2 Å². The second kappa shape index (κ2) is 8.52. The second-order valence-corrected chi connectivity index (χ2v) is 7.42. The van der Waals surface area contributed by atoms with Crippen molar-refractivity contribution in [1.82, 2.24) is 0 Å². The molecule has 0 aliphatic rings. The summed E-state index contributed by atoms with van der Waals surface area (Å²) in [4.78, 5) is 14.1. The van der Waals surface area contributed by atoms with Crippen LogP contribution in [-0.4, -0.2) is 5.78 Å². The van der Waals surface area contributed by atoms with E-state index in [9.17, 15) is 18.0 Å². The lowest BCUT2D eigenvalue weighted by Gasteiger charge is -2.07. The van der Waals surface area contributed by atoms with Gasteiger partial charge in [0.25, 0.3) is 0 Å². The fraction of sp³-hybridized carbons (Fsp3) is 0.150. The van der Waals surface area contributed by atoms with Gasteiger partial charge in [0, 0.05) is 25.9 Å². The molecule has 6 heteroatoms. The molecule has 3 aromatic rings. The Kier molecular flexibility index (Phi) is 6.62. The first-order chi connectivity index (χ1) is 12.2. The number of rotatable bonds is 2. The molecule has 0 aliphatic heterocycles. The maximum atomic E-state index is 12.4. The van der Waals surface area contributed by atoms with E-state index >= 15 is 0 Å². The zero-order valence-electron chi connectivity index (χ0n) is 14.1. The van der Waals surface area contributed by atoms with Crippen molar-refractivity contribution >= 4 is 28.7 Å². The van der Waals surface area contributed by atoms with Crippen LogP contribution in [0.5, 0.6) is 0 Å². The molecule has 1 nitrogen and oxygen atoms in total. The average Bonchev–Trinajstić information content (AvgIpc) is 2.93. The van der Waals surface area contributed by atoms with E-state index in [1.807, 2.05) is 44.2 Å². The highest BCUT2D eigenvalue weighted by atomic mass is 35.5. The van der Waals surface area contributed by atoms with Gasteiger partial charge in [-0.2, -0.15) is 13.2 Å². The second-order valence-electron chi connectivity index (χ2n) is 5.53. The topological polar surface area (TPSA) is 17.1 Å². The van der Waals surface area contributed by atoms with Crippen molar-refractivity contribution in [3.8, 4) is 0 Å². The zero-order valence-corrected chi connectivity index (χ0v) is 15.7. The number of hydrogen-bond acceptors (Lipinski definition) is 2. The number of halogens is 4. The van der Waals surface area contributed by atoms with Gasteiger partial charge in [0.2, 0.25) is 0 Å². The molecule has 0 saturated heterocycles. The zero-order chi connectivity index (χ0) is 19.3. The number of ketones is 1. The molecule has 0 aliphatic carbocycles. The Morgan fingerprint density at radius 1 is 0.962 bits per heavy atom. The van der Waals surface area contributed by atoms with Crippen molar-refractivity contribution < 1.29 is 18.0 Å². The largest absolute Gasteiger partial charge is 0.416 e. The van der Waals surface area contributed by atoms with Crippen LogP contribution in [0, 0.1) is 13.8 Å². The van der Waals surface area contributed by atoms with Crippen LogP contribution in [0.4, 0.5) is 13.2 Å². The van der Waals surface area contributed by atoms with Gasteiger partial charge in [0.05, 0.1) is 5.56 Å². The average molecular weight is 397 g/mol. The molecule has 0 atom stereocenters. The van der Waals surface area contributed by atoms with Crippen molar-refractivity contribution in [2.75, 3.05) is 0 Å². The number of hydrogen-bond donors (Lipinski definition) is 0. The van der Waals surface area contributed by atoms with Gasteiger partial charge in [-0.15, -0.1) is 11.3 Å². The monoisotopic (exact) mass is 396 g/mol. The van der Waals surface area contributed by atoms with E-state index in [0.29, 0.717) is 5.56 Å². The van der Waals surface area contributed by atoms with E-state index in [1.165, 1.54) is 23.5 Å². The van der Waals surface area contributed by atoms with E-state index in [-0.39, 0.29) is 11.3 Å². The van der Waals surface area contributed by atoms with Gasteiger partial charge < -0.3 is 0 Å². The molecule has 3 rings (SSSR count). The number of benzene rings is 2. The summed E-state index contributed by atoms with van der Waals surface area (Å²) in [5.41, 5.74) is 0.0819. The molecule has 0 N–H and O–H groups in total. The van der Waals surface area contributed by atoms with Gasteiger partial charge in [0.1, 0.15) is 0 Å². The maximum absolute atomic E-state index is 12.4. The summed E-state index contributed by atoms with van der Waals surface area (Å²) in [7, 11) is 0. The van der Waals surface area contributed by atoms with Gasteiger partial charge in [-0.3, -0.25) is 4.79 Å². The Morgan fingerprint density at radius 3 is 1.92 bits per heavy atom. The van der Waals surface area contributed by atoms with Crippen molar-refractivity contribution in [3.05, 3.63) is 92.1 Å². The first kappa shape index (κ1) is 20.2. The lowest BCUT2D eigenvalue weighted by Crippen LogP contribution is -2.06. The minimum Gasteiger partial charge on any atom is -0.289 e. The smallest absolute Gasteiger partial charge is 0.289 e. The van der Waals surface area contributed by atoms with Crippen LogP contribution in [0.15, 0.2) is 60.7 Å². The van der Waals surface area contributed by atoms with E-state index in [4.69, 9.17) is 11.6 Å². The lowest BCUT2D eigenvalue weighted by atomic mass is 10.0. The molecular formula is C20H16ClF3OS. The third-order valence-corrected chi connectivity index (χ3v) is 4.71. The van der Waals surface area contributed by atoms with Gasteiger partial charge in [-0.1, -0.05) is 41.9 Å². The van der Waals surface area contributed by atoms with Crippen molar-refractivity contribution in [2.45, 2.75) is 20.0 Å². The predicted molar refractivity (Wildman–Crippen MR) is 100 cm³/mol. The van der Waals surface area contributed by atoms with Gasteiger partial charge >= 0.3 is 6.18 Å². The van der Waals surface area contributed by atoms with Crippen LogP contribution in [0.25, 0.3) is 0 Å². The lowest BCUT2D eigenvalue weighted by molar-refractivity contribution is -0.137. The summed E-state index contributed by atoms with van der Waals surface area (Å²) in [5, 5.41) is 0.794. The Balaban J connectivity index is 0.000000290. The van der Waals surface area contributed by atoms with Crippen LogP contribution < -0.4 is 0 Å². The number of aryl methyl sites for hydroxylation is 2. The summed E-state index contributed by atoms with van der Waals surface area (Å²) >= 11 is 7.04. The number of carbonyl (C=O) groups is 1. The van der Waals surface area contributed by atoms with Crippen LogP contribution >= 0.6 is 22.9 Å². The van der Waals surface area contributed by atoms with Crippen LogP contribution in [0.3, 0.4) is 0 Å². The van der Waals surface area contributed by atoms with E-state index in [2.05, 4.69) is 0 Å². The van der Waals surface area contributed by atoms with Gasteiger partial charge in [-0.25, -0.2) is 0 Å². The minimum atomic E-state index is -4.38. The fourth-order valence-corrected chi connectivity index (χ4v) is 3.30. The van der Waals surface area contributed by atoms with E-state index in [1.54, 1.807) is 6.07 Å². The summed E-state index contributed by atoms with van der Waals surface area (Å²) < 4.78 is 37.3. The highest BCUT2D eigenvalue weighted by molar-refractivity contribution is 7.12. The highest BCUT2D eigenvalue weighted by Gasteiger charge is 2.30. The number of alkyl halides is 3. The number of carbonyl (C=O) groups excluding carboxylic acids is 1. The van der Waals surface area contributed by atoms with Crippen molar-refractivity contribution in [3.63, 3.8) is 0 Å². The Morgan fingerprint density at radius 2 is 1.54 bits per heavy atom. The Labute approximate surface area is 159 Å². The van der Waals surface area contributed by atoms with Crippen LogP contribution in [-0.2, 0) is 6.18 Å². The molecule has 0 radical (unpaired) electrons. The predicted octanol–water partition coefficient (Wildman–Crippen LogP) is 6.95. The minimum absolute atomic E-state index is 0.240. The molecule has 26 heavy (non-hydrogen) atoms. The van der Waals surface area contributed by atoms with Gasteiger partial charge in [0.15, 0.2) is 5.78 Å². The SMILES string of the molecule is Cc1cc(C(=O)c2ccc(C(F)(F)F)cc2)c(C)s1.Clc1ccccc1. The molecule has 2 aromatic carbocycles. The first-order valence-electron chi connectivity index (χ1n) is 7.68. The molecule has 0 fully saturated rings. The molecule has 1 heterocycles. The fourth-order valence-electron chi connectivity index (χ4n) is 2.24. The highest BCUT2D eigenvalue weighted by Crippen LogP contribution is 2.30. The molecule has 0 amide bonds. The summed E-state index contributed by atoms with van der Waals surface area (Å²) in [6, 6.07) is 15.5. The van der Waals surface area contributed by atoms with Crippen LogP contribution in [0.2, 0.25) is 5.02 Å². The van der Waals surface area contributed by atoms with Crippen molar-refractivity contribution in [1.29, 1.82) is 0 Å². The van der Waals surface area contributed by atoms with E-state index in [0.717, 1.165) is 26.9 Å². The number of thiophene rings is 1. The first-order valence-corrected chi connectivity index (χ1v) is 8.87. The summed E-state index contributed by atoms with van der Waals surface area (Å²) in [6.07, 6.45) is -4.38. The molecule has 0 saturated carbocycles. The normalized spacial score (nSPS) is 10.8. The summed E-state index contributed by atoms with van der Waals surface area (Å²) in [6.45, 7) is 3.72. The molecule has 1 aromatic heterocycles. The third-order valence-electron chi connectivity index (χ3n) is 3.49. The molecule has 0 unspecified atom stereocenters. The standard InChI is InChI=1S/C14H11F3OS.C6H5Cl/c1-8-7-12(9(2)19-8)13(18)10-3-5-11(6-4-10)14(15,16)17;7-6-4-2-1-3-5-6/h3-7H,1-2H3;1-5H. The quantitative estimate of drug-likeness (QED) is 0.428. The van der Waals surface area contributed by atoms with E-state index < -0.39 is 11.7 Å². The Bertz CT molecular complexity index is 868. The maximum Gasteiger partial charge on any atom is 0.416 e. The van der Waals surface area contributed by atoms with Crippen LogP contribution in [0.1, 0.15) is 31.2 Å². The molecule has 0 spiro atoms. The third kappa shape index (κ3) is 5.44. The van der Waals surface area contributed by atoms with Crippen molar-refractivity contribution in [2.24, 2.45) is 0 Å². The Hall–Kier alpha value is -2.11. The summed E-state index contributed by atoms with van der Waals surface area (Å²) in [5.74, 6) is -0.240. The molecule has 136 valence electrons. The molecular weight excluding hydrogens is 381 g/mol. The molecule has 0 bridgehead atoms.